The average Bonchev–Trinajstić information content (AvgIpc) is 3.23. The molecule has 4 fully saturated rings. The lowest BCUT2D eigenvalue weighted by Crippen LogP contribution is -2.51. The van der Waals surface area contributed by atoms with Gasteiger partial charge in [0.1, 0.15) is 0 Å². The van der Waals surface area contributed by atoms with Crippen LogP contribution in [0.1, 0.15) is 38.5 Å². The molecule has 2 N–H and O–H groups in total. The Morgan fingerprint density at radius 3 is 2.73 bits per heavy atom. The van der Waals surface area contributed by atoms with Gasteiger partial charge in [0.05, 0.1) is 5.41 Å². The number of carbonyl (C=O) groups is 1. The van der Waals surface area contributed by atoms with Crippen molar-refractivity contribution in [2.45, 2.75) is 50.6 Å². The van der Waals surface area contributed by atoms with Gasteiger partial charge in [-0.25, -0.2) is 0 Å². The minimum atomic E-state index is -0.180. The number of carbonyl (C=O) groups excluding carboxylic acids is 1. The summed E-state index contributed by atoms with van der Waals surface area (Å²) in [6, 6.07) is 1.05. The van der Waals surface area contributed by atoms with Crippen molar-refractivity contribution in [1.82, 2.24) is 15.5 Å². The summed E-state index contributed by atoms with van der Waals surface area (Å²) in [6.45, 7) is 5.51. The van der Waals surface area contributed by atoms with Crippen LogP contribution in [0.2, 0.25) is 0 Å². The fourth-order valence-corrected chi connectivity index (χ4v) is 5.00. The molecule has 3 aliphatic heterocycles. The van der Waals surface area contributed by atoms with Crippen LogP contribution in [0.3, 0.4) is 0 Å². The molecular formula is C17H29N3O2. The molecule has 22 heavy (non-hydrogen) atoms. The Hall–Kier alpha value is -0.650. The van der Waals surface area contributed by atoms with Gasteiger partial charge in [-0.1, -0.05) is 12.8 Å². The van der Waals surface area contributed by atoms with Crippen molar-refractivity contribution in [3.8, 4) is 0 Å². The second-order valence-electron chi connectivity index (χ2n) is 7.71. The molecule has 5 heteroatoms. The van der Waals surface area contributed by atoms with Crippen molar-refractivity contribution in [2.75, 3.05) is 39.4 Å². The SMILES string of the molecule is O=C(NC1CCOCC1)[C@@]12CNC[C@@H]1CN(C1CCCC1)C2. The van der Waals surface area contributed by atoms with Crippen LogP contribution in [-0.4, -0.2) is 62.3 Å². The second kappa shape index (κ2) is 6.10. The van der Waals surface area contributed by atoms with E-state index in [4.69, 9.17) is 4.74 Å². The number of likely N-dealkylation sites (tertiary alicyclic amines) is 1. The van der Waals surface area contributed by atoms with E-state index in [0.29, 0.717) is 17.9 Å². The highest BCUT2D eigenvalue weighted by Gasteiger charge is 2.55. The third-order valence-corrected chi connectivity index (χ3v) is 6.40. The number of rotatable bonds is 3. The minimum Gasteiger partial charge on any atom is -0.381 e. The van der Waals surface area contributed by atoms with Crippen molar-refractivity contribution < 1.29 is 9.53 Å². The van der Waals surface area contributed by atoms with E-state index in [9.17, 15) is 4.79 Å². The molecule has 0 spiro atoms. The molecule has 1 saturated carbocycles. The number of amides is 1. The van der Waals surface area contributed by atoms with Gasteiger partial charge in [0.2, 0.25) is 5.91 Å². The van der Waals surface area contributed by atoms with Gasteiger partial charge in [-0.2, -0.15) is 0 Å². The zero-order valence-electron chi connectivity index (χ0n) is 13.5. The van der Waals surface area contributed by atoms with E-state index in [0.717, 1.165) is 58.3 Å². The second-order valence-corrected chi connectivity index (χ2v) is 7.71. The average molecular weight is 307 g/mol. The van der Waals surface area contributed by atoms with Gasteiger partial charge in [-0.3, -0.25) is 9.69 Å². The smallest absolute Gasteiger partial charge is 0.229 e. The van der Waals surface area contributed by atoms with Gasteiger partial charge in [-0.05, 0) is 25.7 Å². The van der Waals surface area contributed by atoms with Crippen LogP contribution < -0.4 is 10.6 Å². The van der Waals surface area contributed by atoms with Crippen molar-refractivity contribution in [3.05, 3.63) is 0 Å². The molecule has 0 bridgehead atoms. The van der Waals surface area contributed by atoms with E-state index in [2.05, 4.69) is 15.5 Å². The Balaban J connectivity index is 1.44. The normalized spacial score (nSPS) is 37.5. The van der Waals surface area contributed by atoms with Gasteiger partial charge in [0.25, 0.3) is 0 Å². The topological polar surface area (TPSA) is 53.6 Å². The molecule has 5 nitrogen and oxygen atoms in total. The molecular weight excluding hydrogens is 278 g/mol. The van der Waals surface area contributed by atoms with E-state index in [1.807, 2.05) is 0 Å². The van der Waals surface area contributed by atoms with Gasteiger partial charge >= 0.3 is 0 Å². The Morgan fingerprint density at radius 1 is 1.18 bits per heavy atom. The summed E-state index contributed by atoms with van der Waals surface area (Å²) < 4.78 is 5.40. The maximum absolute atomic E-state index is 13.1. The molecule has 1 amide bonds. The van der Waals surface area contributed by atoms with Crippen LogP contribution in [0.15, 0.2) is 0 Å². The minimum absolute atomic E-state index is 0.180. The molecule has 4 rings (SSSR count). The molecule has 0 aromatic carbocycles. The molecule has 0 aromatic heterocycles. The molecule has 0 aromatic rings. The van der Waals surface area contributed by atoms with Gasteiger partial charge in [0, 0.05) is 57.4 Å². The van der Waals surface area contributed by atoms with Crippen molar-refractivity contribution >= 4 is 5.91 Å². The predicted octanol–water partition coefficient (Wildman–Crippen LogP) is 0.746. The van der Waals surface area contributed by atoms with Crippen molar-refractivity contribution in [3.63, 3.8) is 0 Å². The first-order valence-electron chi connectivity index (χ1n) is 9.11. The van der Waals surface area contributed by atoms with Crippen LogP contribution in [0, 0.1) is 11.3 Å². The molecule has 2 atom stereocenters. The van der Waals surface area contributed by atoms with Gasteiger partial charge in [-0.15, -0.1) is 0 Å². The third kappa shape index (κ3) is 2.57. The highest BCUT2D eigenvalue weighted by Crippen LogP contribution is 2.42. The van der Waals surface area contributed by atoms with Crippen LogP contribution >= 0.6 is 0 Å². The number of fused-ring (bicyclic) bond motifs is 1. The first kappa shape index (κ1) is 14.9. The predicted molar refractivity (Wildman–Crippen MR) is 84.6 cm³/mol. The summed E-state index contributed by atoms with van der Waals surface area (Å²) in [5.74, 6) is 0.794. The van der Waals surface area contributed by atoms with E-state index in [1.165, 1.54) is 25.7 Å². The van der Waals surface area contributed by atoms with Crippen molar-refractivity contribution in [1.29, 1.82) is 0 Å². The lowest BCUT2D eigenvalue weighted by atomic mass is 9.79. The monoisotopic (exact) mass is 307 g/mol. The lowest BCUT2D eigenvalue weighted by molar-refractivity contribution is -0.132. The zero-order chi connectivity index (χ0) is 15.0. The fraction of sp³-hybridized carbons (Fsp3) is 0.941. The molecule has 0 radical (unpaired) electrons. The summed E-state index contributed by atoms with van der Waals surface area (Å²) >= 11 is 0. The maximum Gasteiger partial charge on any atom is 0.229 e. The van der Waals surface area contributed by atoms with Crippen LogP contribution in [-0.2, 0) is 9.53 Å². The summed E-state index contributed by atoms with van der Waals surface area (Å²) in [5.41, 5.74) is -0.180. The molecule has 0 unspecified atom stereocenters. The number of nitrogens with one attached hydrogen (secondary N) is 2. The first-order valence-corrected chi connectivity index (χ1v) is 9.11. The summed E-state index contributed by atoms with van der Waals surface area (Å²) in [7, 11) is 0. The molecule has 4 aliphatic rings. The van der Waals surface area contributed by atoms with Crippen molar-refractivity contribution in [2.24, 2.45) is 11.3 Å². The Kier molecular flexibility index (Phi) is 4.13. The van der Waals surface area contributed by atoms with E-state index in [-0.39, 0.29) is 5.41 Å². The number of nitrogens with zero attached hydrogens (tertiary/aromatic N) is 1. The molecule has 124 valence electrons. The largest absolute Gasteiger partial charge is 0.381 e. The van der Waals surface area contributed by atoms with Crippen LogP contribution in [0.5, 0.6) is 0 Å². The molecule has 3 heterocycles. The summed E-state index contributed by atoms with van der Waals surface area (Å²) in [4.78, 5) is 15.7. The highest BCUT2D eigenvalue weighted by atomic mass is 16.5. The fourth-order valence-electron chi connectivity index (χ4n) is 5.00. The van der Waals surface area contributed by atoms with Gasteiger partial charge in [0.15, 0.2) is 0 Å². The quantitative estimate of drug-likeness (QED) is 0.808. The molecule has 3 saturated heterocycles. The number of ether oxygens (including phenoxy) is 1. The first-order chi connectivity index (χ1) is 10.8. The Morgan fingerprint density at radius 2 is 1.95 bits per heavy atom. The lowest BCUT2D eigenvalue weighted by Gasteiger charge is -2.32. The van der Waals surface area contributed by atoms with Crippen LogP contribution in [0.4, 0.5) is 0 Å². The van der Waals surface area contributed by atoms with Gasteiger partial charge < -0.3 is 15.4 Å². The number of hydrogen-bond acceptors (Lipinski definition) is 4. The standard InChI is InChI=1S/C17H29N3O2/c21-16(19-14-5-7-22-8-6-14)17-11-18-9-13(17)10-20(12-17)15-3-1-2-4-15/h13-15,18H,1-12H2,(H,19,21)/t13-,17-/m1/s1. The van der Waals surface area contributed by atoms with E-state index < -0.39 is 0 Å². The number of hydrogen-bond donors (Lipinski definition) is 2. The van der Waals surface area contributed by atoms with Crippen LogP contribution in [0.25, 0.3) is 0 Å². The Labute approximate surface area is 133 Å². The highest BCUT2D eigenvalue weighted by molar-refractivity contribution is 5.84. The van der Waals surface area contributed by atoms with E-state index in [1.54, 1.807) is 0 Å². The zero-order valence-corrected chi connectivity index (χ0v) is 13.5. The maximum atomic E-state index is 13.1. The summed E-state index contributed by atoms with van der Waals surface area (Å²) in [5, 5.41) is 6.83. The summed E-state index contributed by atoms with van der Waals surface area (Å²) in [6.07, 6.45) is 7.32. The molecule has 1 aliphatic carbocycles. The third-order valence-electron chi connectivity index (χ3n) is 6.40. The van der Waals surface area contributed by atoms with E-state index >= 15 is 0 Å². The Bertz CT molecular complexity index is 418.